The van der Waals surface area contributed by atoms with Gasteiger partial charge in [0.05, 0.1) is 34.0 Å². The summed E-state index contributed by atoms with van der Waals surface area (Å²) >= 11 is 6.06. The molecule has 2 aromatic rings. The Morgan fingerprint density at radius 2 is 1.85 bits per heavy atom. The van der Waals surface area contributed by atoms with Crippen molar-refractivity contribution < 1.29 is 9.32 Å². The molecule has 33 heavy (non-hydrogen) atoms. The van der Waals surface area contributed by atoms with Crippen molar-refractivity contribution in [2.75, 3.05) is 41.8 Å². The van der Waals surface area contributed by atoms with Gasteiger partial charge in [0.2, 0.25) is 5.95 Å². The normalized spacial score (nSPS) is 25.9. The molecule has 1 atom stereocenters. The molecular formula is C25H31ClN4O2S. The van der Waals surface area contributed by atoms with E-state index in [1.165, 1.54) is 31.2 Å². The minimum absolute atomic E-state index is 0.125. The number of rotatable bonds is 4. The molecule has 1 spiro atoms. The zero-order valence-electron chi connectivity index (χ0n) is 18.9. The van der Waals surface area contributed by atoms with Crippen LogP contribution >= 0.6 is 11.6 Å². The van der Waals surface area contributed by atoms with Crippen LogP contribution in [0.1, 0.15) is 56.4 Å². The molecule has 1 saturated heterocycles. The molecule has 4 aliphatic rings. The maximum Gasteiger partial charge on any atom is 0.227 e. The third-order valence-corrected chi connectivity index (χ3v) is 10.2. The molecule has 3 fully saturated rings. The Morgan fingerprint density at radius 3 is 2.48 bits per heavy atom. The Bertz CT molecular complexity index is 1050. The van der Waals surface area contributed by atoms with E-state index in [1.54, 1.807) is 6.20 Å². The van der Waals surface area contributed by atoms with E-state index in [0.717, 1.165) is 54.0 Å². The summed E-state index contributed by atoms with van der Waals surface area (Å²) in [6, 6.07) is 8.35. The number of aliphatic hydroxyl groups is 1. The highest BCUT2D eigenvalue weighted by Crippen LogP contribution is 2.49. The second-order valence-corrected chi connectivity index (χ2v) is 12.5. The quantitative estimate of drug-likeness (QED) is 0.700. The average molecular weight is 487 g/mol. The van der Waals surface area contributed by atoms with Crippen molar-refractivity contribution in [3.63, 3.8) is 0 Å². The molecule has 2 aliphatic carbocycles. The topological polar surface area (TPSA) is 69.6 Å². The first kappa shape index (κ1) is 21.8. The van der Waals surface area contributed by atoms with E-state index in [1.807, 2.05) is 12.1 Å². The fourth-order valence-electron chi connectivity index (χ4n) is 6.33. The van der Waals surface area contributed by atoms with E-state index in [0.29, 0.717) is 23.6 Å². The lowest BCUT2D eigenvalue weighted by atomic mass is 9.65. The smallest absolute Gasteiger partial charge is 0.227 e. The first-order valence-corrected chi connectivity index (χ1v) is 13.9. The van der Waals surface area contributed by atoms with Gasteiger partial charge in [-0.25, -0.2) is 4.98 Å². The van der Waals surface area contributed by atoms with E-state index in [-0.39, 0.29) is 12.1 Å². The maximum atomic E-state index is 12.6. The standard InChI is InChI=1S/C25H31ClN4O2S/c26-20-4-2-18(3-5-20)19-6-10-24(11-7-19)15-29(16-24)23-27-14-21-22(28-23)30(12-13-33(21)32)25(17-31)8-1-9-25/h2-5,14,19,31H,1,6-13,15-17H2. The van der Waals surface area contributed by atoms with Gasteiger partial charge in [0.1, 0.15) is 0 Å². The highest BCUT2D eigenvalue weighted by Gasteiger charge is 2.48. The number of halogens is 1. The number of benzene rings is 1. The molecule has 0 bridgehead atoms. The van der Waals surface area contributed by atoms with E-state index in [9.17, 15) is 9.32 Å². The fraction of sp³-hybridized carbons (Fsp3) is 0.600. The van der Waals surface area contributed by atoms with Gasteiger partial charge in [-0.2, -0.15) is 4.98 Å². The van der Waals surface area contributed by atoms with Gasteiger partial charge in [-0.1, -0.05) is 23.7 Å². The average Bonchev–Trinajstić information content (AvgIpc) is 2.79. The van der Waals surface area contributed by atoms with E-state index in [4.69, 9.17) is 16.6 Å². The number of anilines is 2. The predicted octanol–water partition coefficient (Wildman–Crippen LogP) is 4.14. The maximum absolute atomic E-state index is 12.6. The monoisotopic (exact) mass is 486 g/mol. The molecular weight excluding hydrogens is 456 g/mol. The number of hydrogen-bond acceptors (Lipinski definition) is 6. The summed E-state index contributed by atoms with van der Waals surface area (Å²) in [4.78, 5) is 14.8. The van der Waals surface area contributed by atoms with Gasteiger partial charge in [-0.05, 0) is 68.6 Å². The lowest BCUT2D eigenvalue weighted by Gasteiger charge is -2.54. The molecule has 1 aromatic carbocycles. The molecule has 6 nitrogen and oxygen atoms in total. The van der Waals surface area contributed by atoms with Crippen LogP contribution < -0.4 is 9.80 Å². The number of nitrogens with zero attached hydrogens (tertiary/aromatic N) is 4. The van der Waals surface area contributed by atoms with Crippen LogP contribution in [0.25, 0.3) is 0 Å². The zero-order chi connectivity index (χ0) is 22.6. The van der Waals surface area contributed by atoms with Crippen LogP contribution in [0.5, 0.6) is 0 Å². The van der Waals surface area contributed by atoms with Crippen molar-refractivity contribution in [1.29, 1.82) is 0 Å². The SMILES string of the molecule is O=S1CCN(C2(CO)CCC2)c2nc(N3CC4(CCC(c5ccc(Cl)cc5)CC4)C3)ncc21. The summed E-state index contributed by atoms with van der Waals surface area (Å²) in [5, 5.41) is 10.9. The summed E-state index contributed by atoms with van der Waals surface area (Å²) in [5.74, 6) is 2.74. The van der Waals surface area contributed by atoms with E-state index in [2.05, 4.69) is 26.9 Å². The lowest BCUT2D eigenvalue weighted by Crippen LogP contribution is -2.60. The second-order valence-electron chi connectivity index (χ2n) is 10.5. The van der Waals surface area contributed by atoms with Gasteiger partial charge in [-0.15, -0.1) is 0 Å². The van der Waals surface area contributed by atoms with Gasteiger partial charge >= 0.3 is 0 Å². The van der Waals surface area contributed by atoms with Gasteiger partial charge in [-0.3, -0.25) is 4.21 Å². The molecule has 1 aromatic heterocycles. The minimum Gasteiger partial charge on any atom is -0.394 e. The van der Waals surface area contributed by atoms with Crippen LogP contribution in [0, 0.1) is 5.41 Å². The third-order valence-electron chi connectivity index (χ3n) is 8.60. The first-order chi connectivity index (χ1) is 16.0. The molecule has 2 aliphatic heterocycles. The van der Waals surface area contributed by atoms with Crippen molar-refractivity contribution in [1.82, 2.24) is 9.97 Å². The highest BCUT2D eigenvalue weighted by atomic mass is 35.5. The van der Waals surface area contributed by atoms with Crippen LogP contribution in [-0.4, -0.2) is 56.8 Å². The van der Waals surface area contributed by atoms with E-state index < -0.39 is 10.8 Å². The van der Waals surface area contributed by atoms with Crippen molar-refractivity contribution in [3.05, 3.63) is 41.0 Å². The Morgan fingerprint density at radius 1 is 1.12 bits per heavy atom. The van der Waals surface area contributed by atoms with Crippen LogP contribution in [0.3, 0.4) is 0 Å². The van der Waals surface area contributed by atoms with Crippen molar-refractivity contribution >= 4 is 34.2 Å². The fourth-order valence-corrected chi connectivity index (χ4v) is 7.55. The predicted molar refractivity (Wildman–Crippen MR) is 132 cm³/mol. The van der Waals surface area contributed by atoms with Gasteiger partial charge in [0.25, 0.3) is 0 Å². The van der Waals surface area contributed by atoms with Crippen molar-refractivity contribution in [3.8, 4) is 0 Å². The second kappa shape index (κ2) is 8.21. The Balaban J connectivity index is 1.16. The van der Waals surface area contributed by atoms with Gasteiger partial charge < -0.3 is 14.9 Å². The molecule has 2 saturated carbocycles. The summed E-state index contributed by atoms with van der Waals surface area (Å²) in [5.41, 5.74) is 1.54. The van der Waals surface area contributed by atoms with Crippen LogP contribution in [0.4, 0.5) is 11.8 Å². The van der Waals surface area contributed by atoms with Crippen molar-refractivity contribution in [2.24, 2.45) is 5.41 Å². The summed E-state index contributed by atoms with van der Waals surface area (Å²) < 4.78 is 12.6. The molecule has 6 rings (SSSR count). The molecule has 176 valence electrons. The highest BCUT2D eigenvalue weighted by molar-refractivity contribution is 7.85. The van der Waals surface area contributed by atoms with Gasteiger partial charge in [0.15, 0.2) is 5.82 Å². The van der Waals surface area contributed by atoms with Crippen LogP contribution in [0.15, 0.2) is 35.4 Å². The zero-order valence-corrected chi connectivity index (χ0v) is 20.5. The molecule has 0 amide bonds. The number of aromatic nitrogens is 2. The molecule has 0 radical (unpaired) electrons. The number of hydrogen-bond donors (Lipinski definition) is 1. The summed E-state index contributed by atoms with van der Waals surface area (Å²) in [6.07, 6.45) is 9.72. The molecule has 1 unspecified atom stereocenters. The van der Waals surface area contributed by atoms with Crippen molar-refractivity contribution in [2.45, 2.75) is 61.3 Å². The molecule has 3 heterocycles. The van der Waals surface area contributed by atoms with E-state index >= 15 is 0 Å². The minimum atomic E-state index is -1.07. The number of fused-ring (bicyclic) bond motifs is 1. The molecule has 1 N–H and O–H groups in total. The molecule has 8 heteroatoms. The van der Waals surface area contributed by atoms with Crippen LogP contribution in [-0.2, 0) is 10.8 Å². The third kappa shape index (κ3) is 3.67. The first-order valence-electron chi connectivity index (χ1n) is 12.2. The Hall–Kier alpha value is -1.70. The summed E-state index contributed by atoms with van der Waals surface area (Å²) in [7, 11) is -1.07. The van der Waals surface area contributed by atoms with Crippen LogP contribution in [0.2, 0.25) is 5.02 Å². The Labute approximate surface area is 202 Å². The number of aliphatic hydroxyl groups excluding tert-OH is 1. The largest absolute Gasteiger partial charge is 0.394 e. The Kier molecular flexibility index (Phi) is 5.42. The lowest BCUT2D eigenvalue weighted by molar-refractivity contribution is 0.115. The van der Waals surface area contributed by atoms with Gasteiger partial charge in [0, 0.05) is 35.8 Å². The summed E-state index contributed by atoms with van der Waals surface area (Å²) in [6.45, 7) is 2.80.